The van der Waals surface area contributed by atoms with Gasteiger partial charge in [0, 0.05) is 43.0 Å². The predicted octanol–water partition coefficient (Wildman–Crippen LogP) is 3.24. The molecule has 0 spiro atoms. The number of amides is 1. The lowest BCUT2D eigenvalue weighted by Gasteiger charge is -2.34. The number of imidazole rings is 1. The van der Waals surface area contributed by atoms with E-state index in [2.05, 4.69) is 53.1 Å². The SMILES string of the molecule is CC(=O)Nc1ccc(CN2CCOC[C@H]2c2ncc(C(C)(C)C)[nH]2)cc1. The van der Waals surface area contributed by atoms with Crippen molar-refractivity contribution in [3.63, 3.8) is 0 Å². The summed E-state index contributed by atoms with van der Waals surface area (Å²) < 4.78 is 5.71. The monoisotopic (exact) mass is 356 g/mol. The number of H-pyrrole nitrogens is 1. The van der Waals surface area contributed by atoms with Gasteiger partial charge in [-0.1, -0.05) is 32.9 Å². The molecule has 2 heterocycles. The van der Waals surface area contributed by atoms with E-state index in [0.717, 1.165) is 36.9 Å². The summed E-state index contributed by atoms with van der Waals surface area (Å²) in [5, 5.41) is 2.80. The van der Waals surface area contributed by atoms with Gasteiger partial charge in [0.1, 0.15) is 5.82 Å². The van der Waals surface area contributed by atoms with Crippen molar-refractivity contribution >= 4 is 11.6 Å². The number of morpholine rings is 1. The van der Waals surface area contributed by atoms with E-state index in [4.69, 9.17) is 4.74 Å². The van der Waals surface area contributed by atoms with Gasteiger partial charge >= 0.3 is 0 Å². The molecule has 6 heteroatoms. The first-order valence-electron chi connectivity index (χ1n) is 9.06. The third-order valence-corrected chi connectivity index (χ3v) is 4.62. The van der Waals surface area contributed by atoms with Gasteiger partial charge in [-0.3, -0.25) is 9.69 Å². The van der Waals surface area contributed by atoms with E-state index in [9.17, 15) is 4.79 Å². The summed E-state index contributed by atoms with van der Waals surface area (Å²) in [6.45, 7) is 11.1. The highest BCUT2D eigenvalue weighted by Gasteiger charge is 2.28. The average Bonchev–Trinajstić information content (AvgIpc) is 3.07. The van der Waals surface area contributed by atoms with Gasteiger partial charge in [-0.15, -0.1) is 0 Å². The molecule has 1 aliphatic heterocycles. The number of rotatable bonds is 4. The second-order valence-corrected chi connectivity index (χ2v) is 7.87. The van der Waals surface area contributed by atoms with Gasteiger partial charge in [0.2, 0.25) is 5.91 Å². The first-order chi connectivity index (χ1) is 12.3. The van der Waals surface area contributed by atoms with Crippen LogP contribution in [-0.2, 0) is 21.5 Å². The maximum atomic E-state index is 11.1. The van der Waals surface area contributed by atoms with Crippen LogP contribution in [0.3, 0.4) is 0 Å². The van der Waals surface area contributed by atoms with E-state index in [1.54, 1.807) is 0 Å². The van der Waals surface area contributed by atoms with Crippen molar-refractivity contribution < 1.29 is 9.53 Å². The molecule has 0 saturated carbocycles. The van der Waals surface area contributed by atoms with Gasteiger partial charge in [0.05, 0.1) is 19.3 Å². The van der Waals surface area contributed by atoms with E-state index in [0.29, 0.717) is 6.61 Å². The normalized spacial score (nSPS) is 18.7. The number of hydrogen-bond donors (Lipinski definition) is 2. The van der Waals surface area contributed by atoms with Crippen LogP contribution in [0.5, 0.6) is 0 Å². The molecule has 0 radical (unpaired) electrons. The summed E-state index contributed by atoms with van der Waals surface area (Å²) in [6.07, 6.45) is 1.93. The molecule has 1 amide bonds. The van der Waals surface area contributed by atoms with Gasteiger partial charge < -0.3 is 15.0 Å². The lowest BCUT2D eigenvalue weighted by atomic mass is 9.93. The number of anilines is 1. The summed E-state index contributed by atoms with van der Waals surface area (Å²) >= 11 is 0. The number of nitrogens with zero attached hydrogens (tertiary/aromatic N) is 2. The molecular formula is C20H28N4O2. The summed E-state index contributed by atoms with van der Waals surface area (Å²) in [6, 6.07) is 8.11. The Morgan fingerprint density at radius 3 is 2.69 bits per heavy atom. The van der Waals surface area contributed by atoms with Gasteiger partial charge in [-0.05, 0) is 17.7 Å². The Balaban J connectivity index is 1.73. The number of aromatic nitrogens is 2. The van der Waals surface area contributed by atoms with Crippen LogP contribution in [0.1, 0.15) is 50.8 Å². The zero-order chi connectivity index (χ0) is 18.7. The molecule has 0 unspecified atom stereocenters. The molecule has 2 aromatic rings. The fraction of sp³-hybridized carbons (Fsp3) is 0.500. The number of benzene rings is 1. The van der Waals surface area contributed by atoms with Crippen LogP contribution >= 0.6 is 0 Å². The van der Waals surface area contributed by atoms with Crippen molar-refractivity contribution in [1.82, 2.24) is 14.9 Å². The summed E-state index contributed by atoms with van der Waals surface area (Å²) in [5.41, 5.74) is 3.21. The molecule has 1 aromatic heterocycles. The van der Waals surface area contributed by atoms with Crippen molar-refractivity contribution in [3.8, 4) is 0 Å². The fourth-order valence-electron chi connectivity index (χ4n) is 3.10. The Labute approximate surface area is 155 Å². The number of aromatic amines is 1. The molecule has 1 saturated heterocycles. The lowest BCUT2D eigenvalue weighted by Crippen LogP contribution is -2.39. The zero-order valence-electron chi connectivity index (χ0n) is 16.0. The van der Waals surface area contributed by atoms with Crippen LogP contribution in [0, 0.1) is 0 Å². The first-order valence-corrected chi connectivity index (χ1v) is 9.06. The summed E-state index contributed by atoms with van der Waals surface area (Å²) in [7, 11) is 0. The quantitative estimate of drug-likeness (QED) is 0.882. The maximum absolute atomic E-state index is 11.1. The van der Waals surface area contributed by atoms with Gasteiger partial charge in [0.15, 0.2) is 0 Å². The van der Waals surface area contributed by atoms with E-state index >= 15 is 0 Å². The highest BCUT2D eigenvalue weighted by molar-refractivity contribution is 5.88. The molecule has 2 N–H and O–H groups in total. The molecule has 1 aromatic carbocycles. The van der Waals surface area contributed by atoms with Crippen LogP contribution in [0.2, 0.25) is 0 Å². The second-order valence-electron chi connectivity index (χ2n) is 7.87. The number of nitrogens with one attached hydrogen (secondary N) is 2. The topological polar surface area (TPSA) is 70.2 Å². The van der Waals surface area contributed by atoms with Gasteiger partial charge in [0.25, 0.3) is 0 Å². The first kappa shape index (κ1) is 18.6. The molecule has 0 bridgehead atoms. The predicted molar refractivity (Wildman–Crippen MR) is 102 cm³/mol. The highest BCUT2D eigenvalue weighted by Crippen LogP contribution is 2.27. The molecule has 1 atom stereocenters. The molecule has 6 nitrogen and oxygen atoms in total. The summed E-state index contributed by atoms with van der Waals surface area (Å²) in [4.78, 5) is 21.6. The Hall–Kier alpha value is -2.18. The standard InChI is InChI=1S/C20H28N4O2/c1-14(25)22-16-7-5-15(6-8-16)12-24-9-10-26-13-17(24)19-21-11-18(23-19)20(2,3)4/h5-8,11,17H,9-10,12-13H2,1-4H3,(H,21,23)(H,22,25)/t17-/m0/s1. The minimum Gasteiger partial charge on any atom is -0.378 e. The largest absolute Gasteiger partial charge is 0.378 e. The average molecular weight is 356 g/mol. The number of ether oxygens (including phenoxy) is 1. The molecule has 0 aliphatic carbocycles. The van der Waals surface area contributed by atoms with Crippen molar-refractivity contribution in [3.05, 3.63) is 47.5 Å². The van der Waals surface area contributed by atoms with Crippen molar-refractivity contribution in [1.29, 1.82) is 0 Å². The number of hydrogen-bond acceptors (Lipinski definition) is 4. The lowest BCUT2D eigenvalue weighted by molar-refractivity contribution is -0.114. The fourth-order valence-corrected chi connectivity index (χ4v) is 3.10. The van der Waals surface area contributed by atoms with Crippen LogP contribution in [0.15, 0.2) is 30.5 Å². The molecule has 140 valence electrons. The summed E-state index contributed by atoms with van der Waals surface area (Å²) in [5.74, 6) is 0.906. The Kier molecular flexibility index (Phi) is 5.44. The Morgan fingerprint density at radius 1 is 1.35 bits per heavy atom. The molecular weight excluding hydrogens is 328 g/mol. The second kappa shape index (κ2) is 7.60. The van der Waals surface area contributed by atoms with Crippen molar-refractivity contribution in [2.24, 2.45) is 0 Å². The van der Waals surface area contributed by atoms with Crippen LogP contribution in [0.4, 0.5) is 5.69 Å². The molecule has 3 rings (SSSR count). The van der Waals surface area contributed by atoms with E-state index in [1.807, 2.05) is 18.3 Å². The van der Waals surface area contributed by atoms with Crippen molar-refractivity contribution in [2.45, 2.75) is 45.7 Å². The van der Waals surface area contributed by atoms with Gasteiger partial charge in [-0.25, -0.2) is 4.98 Å². The molecule has 1 fully saturated rings. The molecule has 1 aliphatic rings. The van der Waals surface area contributed by atoms with E-state index in [1.165, 1.54) is 12.5 Å². The minimum absolute atomic E-state index is 0.0468. The smallest absolute Gasteiger partial charge is 0.221 e. The molecule has 26 heavy (non-hydrogen) atoms. The van der Waals surface area contributed by atoms with E-state index in [-0.39, 0.29) is 17.4 Å². The minimum atomic E-state index is -0.0570. The van der Waals surface area contributed by atoms with E-state index < -0.39 is 0 Å². The third kappa shape index (κ3) is 4.51. The Bertz CT molecular complexity index is 746. The van der Waals surface area contributed by atoms with Crippen molar-refractivity contribution in [2.75, 3.05) is 25.1 Å². The number of carbonyl (C=O) groups is 1. The van der Waals surface area contributed by atoms with Crippen LogP contribution in [0.25, 0.3) is 0 Å². The van der Waals surface area contributed by atoms with Gasteiger partial charge in [-0.2, -0.15) is 0 Å². The van der Waals surface area contributed by atoms with Crippen LogP contribution in [-0.4, -0.2) is 40.5 Å². The zero-order valence-corrected chi connectivity index (χ0v) is 16.0. The maximum Gasteiger partial charge on any atom is 0.221 e. The highest BCUT2D eigenvalue weighted by atomic mass is 16.5. The third-order valence-electron chi connectivity index (χ3n) is 4.62. The number of carbonyl (C=O) groups excluding carboxylic acids is 1. The van der Waals surface area contributed by atoms with Crippen LogP contribution < -0.4 is 5.32 Å². The Morgan fingerprint density at radius 2 is 2.08 bits per heavy atom.